The van der Waals surface area contributed by atoms with E-state index in [1.807, 2.05) is 48.5 Å². The first-order valence-corrected chi connectivity index (χ1v) is 8.51. The number of hydrogen-bond donors (Lipinski definition) is 3. The van der Waals surface area contributed by atoms with E-state index >= 15 is 0 Å². The maximum Gasteiger partial charge on any atom is 0.321 e. The zero-order chi connectivity index (χ0) is 18.2. The molecule has 0 heterocycles. The molecule has 1 atom stereocenters. The Morgan fingerprint density at radius 2 is 1.64 bits per heavy atom. The third-order valence-electron chi connectivity index (χ3n) is 3.83. The highest BCUT2D eigenvalue weighted by Crippen LogP contribution is 2.23. The summed E-state index contributed by atoms with van der Waals surface area (Å²) in [6.07, 6.45) is 0. The molecule has 0 saturated heterocycles. The fourth-order valence-electron chi connectivity index (χ4n) is 2.49. The first-order chi connectivity index (χ1) is 12.0. The summed E-state index contributed by atoms with van der Waals surface area (Å²) in [5.74, 6) is -0.00631. The monoisotopic (exact) mass is 339 g/mol. The van der Waals surface area contributed by atoms with Crippen LogP contribution in [0.2, 0.25) is 0 Å². The Kier molecular flexibility index (Phi) is 6.57. The Morgan fingerprint density at radius 1 is 0.960 bits per heavy atom. The molecular weight excluding hydrogens is 314 g/mol. The first kappa shape index (κ1) is 18.5. The topological polar surface area (TPSA) is 70.2 Å². The molecule has 3 N–H and O–H groups in total. The highest BCUT2D eigenvalue weighted by atomic mass is 16.2. The van der Waals surface area contributed by atoms with Crippen LogP contribution in [0.4, 0.5) is 10.5 Å². The van der Waals surface area contributed by atoms with Crippen molar-refractivity contribution in [2.24, 2.45) is 0 Å². The summed E-state index contributed by atoms with van der Waals surface area (Å²) in [5, 5.41) is 8.20. The summed E-state index contributed by atoms with van der Waals surface area (Å²) in [6.45, 7) is 6.50. The number of carbonyl (C=O) groups is 2. The molecule has 132 valence electrons. The number of amides is 3. The summed E-state index contributed by atoms with van der Waals surface area (Å²) < 4.78 is 0. The second-order valence-electron chi connectivity index (χ2n) is 6.12. The van der Waals surface area contributed by atoms with E-state index in [1.54, 1.807) is 6.92 Å². The molecule has 0 aliphatic carbocycles. The lowest BCUT2D eigenvalue weighted by Crippen LogP contribution is -2.43. The summed E-state index contributed by atoms with van der Waals surface area (Å²) in [4.78, 5) is 24.3. The van der Waals surface area contributed by atoms with Crippen molar-refractivity contribution in [3.05, 3.63) is 65.7 Å². The molecule has 2 aromatic carbocycles. The van der Waals surface area contributed by atoms with Gasteiger partial charge in [-0.25, -0.2) is 4.79 Å². The predicted octanol–water partition coefficient (Wildman–Crippen LogP) is 3.81. The van der Waals surface area contributed by atoms with Crippen LogP contribution < -0.4 is 16.0 Å². The minimum absolute atomic E-state index is 0.390. The molecule has 5 nitrogen and oxygen atoms in total. The van der Waals surface area contributed by atoms with Gasteiger partial charge in [0.15, 0.2) is 0 Å². The number of anilines is 1. The molecule has 5 heteroatoms. The molecule has 0 radical (unpaired) electrons. The maximum absolute atomic E-state index is 12.6. The SMILES string of the molecule is CCNC(=O)NC(=O)[C@@H](Nc1cccc(C(C)C)c1)c1ccccc1. The molecule has 0 aliphatic rings. The largest absolute Gasteiger partial charge is 0.370 e. The summed E-state index contributed by atoms with van der Waals surface area (Å²) in [5.41, 5.74) is 2.81. The summed E-state index contributed by atoms with van der Waals surface area (Å²) in [7, 11) is 0. The number of carbonyl (C=O) groups excluding carboxylic acids is 2. The lowest BCUT2D eigenvalue weighted by Gasteiger charge is -2.20. The quantitative estimate of drug-likeness (QED) is 0.749. The van der Waals surface area contributed by atoms with Crippen LogP contribution in [0.25, 0.3) is 0 Å². The first-order valence-electron chi connectivity index (χ1n) is 8.51. The van der Waals surface area contributed by atoms with Gasteiger partial charge in [-0.3, -0.25) is 10.1 Å². The van der Waals surface area contributed by atoms with Crippen LogP contribution in [0, 0.1) is 0 Å². The number of hydrogen-bond acceptors (Lipinski definition) is 3. The molecule has 0 aliphatic heterocycles. The maximum atomic E-state index is 12.6. The summed E-state index contributed by atoms with van der Waals surface area (Å²) >= 11 is 0. The van der Waals surface area contributed by atoms with Gasteiger partial charge in [0.25, 0.3) is 5.91 Å². The van der Waals surface area contributed by atoms with Crippen LogP contribution in [0.15, 0.2) is 54.6 Å². The zero-order valence-corrected chi connectivity index (χ0v) is 14.9. The Labute approximate surface area is 148 Å². The molecule has 0 aromatic heterocycles. The number of nitrogens with one attached hydrogen (secondary N) is 3. The van der Waals surface area contributed by atoms with Crippen molar-refractivity contribution >= 4 is 17.6 Å². The Morgan fingerprint density at radius 3 is 2.28 bits per heavy atom. The van der Waals surface area contributed by atoms with Gasteiger partial charge in [-0.15, -0.1) is 0 Å². The molecule has 0 saturated carbocycles. The number of benzene rings is 2. The van der Waals surface area contributed by atoms with Crippen molar-refractivity contribution in [3.63, 3.8) is 0 Å². The number of urea groups is 1. The van der Waals surface area contributed by atoms with Crippen molar-refractivity contribution < 1.29 is 9.59 Å². The van der Waals surface area contributed by atoms with Crippen LogP contribution in [-0.2, 0) is 4.79 Å². The average molecular weight is 339 g/mol. The highest BCUT2D eigenvalue weighted by molar-refractivity contribution is 5.98. The van der Waals surface area contributed by atoms with Gasteiger partial charge in [-0.05, 0) is 36.1 Å². The van der Waals surface area contributed by atoms with Crippen LogP contribution >= 0.6 is 0 Å². The van der Waals surface area contributed by atoms with Crippen LogP contribution in [0.5, 0.6) is 0 Å². The molecule has 0 spiro atoms. The standard InChI is InChI=1S/C20H25N3O2/c1-4-21-20(25)23-19(24)18(15-9-6-5-7-10-15)22-17-12-8-11-16(13-17)14(2)3/h5-14,18,22H,4H2,1-3H3,(H2,21,23,24,25)/t18-/m0/s1. The molecule has 2 aromatic rings. The third kappa shape index (κ3) is 5.35. The van der Waals surface area contributed by atoms with Gasteiger partial charge < -0.3 is 10.6 Å². The van der Waals surface area contributed by atoms with E-state index in [4.69, 9.17) is 0 Å². The zero-order valence-electron chi connectivity index (χ0n) is 14.9. The molecule has 0 unspecified atom stereocenters. The minimum Gasteiger partial charge on any atom is -0.370 e. The Hall–Kier alpha value is -2.82. The van der Waals surface area contributed by atoms with Crippen LogP contribution in [-0.4, -0.2) is 18.5 Å². The minimum atomic E-state index is -0.661. The molecule has 0 fully saturated rings. The second kappa shape index (κ2) is 8.87. The van der Waals surface area contributed by atoms with E-state index in [2.05, 4.69) is 35.9 Å². The van der Waals surface area contributed by atoms with Gasteiger partial charge in [0, 0.05) is 12.2 Å². The normalized spacial score (nSPS) is 11.7. The molecule has 0 bridgehead atoms. The smallest absolute Gasteiger partial charge is 0.321 e. The van der Waals surface area contributed by atoms with E-state index < -0.39 is 18.0 Å². The Bertz CT molecular complexity index is 714. The lowest BCUT2D eigenvalue weighted by atomic mass is 10.0. The van der Waals surface area contributed by atoms with Gasteiger partial charge in [0.2, 0.25) is 0 Å². The molecule has 25 heavy (non-hydrogen) atoms. The van der Waals surface area contributed by atoms with E-state index in [1.165, 1.54) is 5.56 Å². The van der Waals surface area contributed by atoms with Crippen molar-refractivity contribution in [1.29, 1.82) is 0 Å². The van der Waals surface area contributed by atoms with Crippen LogP contribution in [0.1, 0.15) is 43.9 Å². The van der Waals surface area contributed by atoms with Gasteiger partial charge in [-0.2, -0.15) is 0 Å². The highest BCUT2D eigenvalue weighted by Gasteiger charge is 2.22. The Balaban J connectivity index is 2.25. The van der Waals surface area contributed by atoms with Crippen molar-refractivity contribution in [2.75, 3.05) is 11.9 Å². The predicted molar refractivity (Wildman–Crippen MR) is 101 cm³/mol. The average Bonchev–Trinajstić information content (AvgIpc) is 2.60. The van der Waals surface area contributed by atoms with Gasteiger partial charge in [0.1, 0.15) is 6.04 Å². The number of imide groups is 1. The van der Waals surface area contributed by atoms with E-state index in [-0.39, 0.29) is 0 Å². The van der Waals surface area contributed by atoms with Gasteiger partial charge in [0.05, 0.1) is 0 Å². The second-order valence-corrected chi connectivity index (χ2v) is 6.12. The molecular formula is C20H25N3O2. The van der Waals surface area contributed by atoms with Crippen LogP contribution in [0.3, 0.4) is 0 Å². The molecule has 2 rings (SSSR count). The van der Waals surface area contributed by atoms with Crippen molar-refractivity contribution in [2.45, 2.75) is 32.7 Å². The van der Waals surface area contributed by atoms with Gasteiger partial charge >= 0.3 is 6.03 Å². The van der Waals surface area contributed by atoms with E-state index in [0.717, 1.165) is 11.3 Å². The van der Waals surface area contributed by atoms with Crippen molar-refractivity contribution in [1.82, 2.24) is 10.6 Å². The molecule has 3 amide bonds. The summed E-state index contributed by atoms with van der Waals surface area (Å²) in [6, 6.07) is 16.2. The lowest BCUT2D eigenvalue weighted by molar-refractivity contribution is -0.120. The van der Waals surface area contributed by atoms with Crippen molar-refractivity contribution in [3.8, 4) is 0 Å². The number of rotatable bonds is 6. The third-order valence-corrected chi connectivity index (χ3v) is 3.83. The van der Waals surface area contributed by atoms with E-state index in [0.29, 0.717) is 12.5 Å². The fourth-order valence-corrected chi connectivity index (χ4v) is 2.49. The van der Waals surface area contributed by atoms with Gasteiger partial charge in [-0.1, -0.05) is 56.3 Å². The fraction of sp³-hybridized carbons (Fsp3) is 0.300. The van der Waals surface area contributed by atoms with E-state index in [9.17, 15) is 9.59 Å².